The lowest BCUT2D eigenvalue weighted by atomic mass is 9.99. The minimum atomic E-state index is 0.700. The van der Waals surface area contributed by atoms with E-state index in [0.29, 0.717) is 4.83 Å². The zero-order chi connectivity index (χ0) is 12.7. The van der Waals surface area contributed by atoms with Gasteiger partial charge in [-0.25, -0.2) is 0 Å². The highest BCUT2D eigenvalue weighted by Gasteiger charge is 2.53. The molecule has 0 nitrogen and oxygen atoms in total. The van der Waals surface area contributed by atoms with Crippen molar-refractivity contribution in [3.63, 3.8) is 0 Å². The van der Waals surface area contributed by atoms with Gasteiger partial charge in [-0.15, -0.1) is 0 Å². The number of benzene rings is 1. The van der Waals surface area contributed by atoms with Crippen LogP contribution in [0.2, 0.25) is 0 Å². The first-order valence-corrected chi connectivity index (χ1v) is 8.28. The van der Waals surface area contributed by atoms with E-state index in [1.165, 1.54) is 43.2 Å². The van der Waals surface area contributed by atoms with Crippen molar-refractivity contribution in [1.29, 1.82) is 0 Å². The molecular weight excluding hydrogens is 284 g/mol. The van der Waals surface area contributed by atoms with Crippen molar-refractivity contribution in [1.82, 2.24) is 0 Å². The van der Waals surface area contributed by atoms with Crippen LogP contribution in [-0.4, -0.2) is 4.83 Å². The number of hydrogen-bond donors (Lipinski definition) is 0. The maximum absolute atomic E-state index is 3.99. The number of aryl methyl sites for hydroxylation is 2. The second-order valence-electron chi connectivity index (χ2n) is 6.34. The number of hydrogen-bond acceptors (Lipinski definition) is 0. The number of alkyl halides is 1. The molecule has 0 aliphatic heterocycles. The van der Waals surface area contributed by atoms with Crippen molar-refractivity contribution >= 4 is 15.9 Å². The summed E-state index contributed by atoms with van der Waals surface area (Å²) in [6.45, 7) is 4.44. The molecule has 0 N–H and O–H groups in total. The van der Waals surface area contributed by atoms with Crippen LogP contribution in [0.1, 0.15) is 42.4 Å². The van der Waals surface area contributed by atoms with Crippen molar-refractivity contribution in [2.45, 2.75) is 50.8 Å². The summed E-state index contributed by atoms with van der Waals surface area (Å²) in [5.74, 6) is 3.06. The van der Waals surface area contributed by atoms with E-state index in [1.807, 2.05) is 0 Å². The molecule has 1 heteroatoms. The zero-order valence-electron chi connectivity index (χ0n) is 11.5. The highest BCUT2D eigenvalue weighted by molar-refractivity contribution is 9.09. The van der Waals surface area contributed by atoms with E-state index >= 15 is 0 Å². The third kappa shape index (κ3) is 2.39. The van der Waals surface area contributed by atoms with Gasteiger partial charge in [0.1, 0.15) is 0 Å². The first-order chi connectivity index (χ1) is 8.66. The Labute approximate surface area is 119 Å². The summed E-state index contributed by atoms with van der Waals surface area (Å²) >= 11 is 3.99. The molecule has 3 unspecified atom stereocenters. The van der Waals surface area contributed by atoms with E-state index in [9.17, 15) is 0 Å². The van der Waals surface area contributed by atoms with E-state index in [4.69, 9.17) is 0 Å². The van der Waals surface area contributed by atoms with Gasteiger partial charge in [0.2, 0.25) is 0 Å². The van der Waals surface area contributed by atoms with E-state index < -0.39 is 0 Å². The van der Waals surface area contributed by atoms with Gasteiger partial charge in [-0.2, -0.15) is 0 Å². The Balaban J connectivity index is 1.67. The Morgan fingerprint density at radius 3 is 2.50 bits per heavy atom. The van der Waals surface area contributed by atoms with Gasteiger partial charge in [-0.3, -0.25) is 0 Å². The van der Waals surface area contributed by atoms with Crippen molar-refractivity contribution in [2.24, 2.45) is 17.8 Å². The van der Waals surface area contributed by atoms with Gasteiger partial charge in [0, 0.05) is 4.83 Å². The fraction of sp³-hybridized carbons (Fsp3) is 0.647. The quantitative estimate of drug-likeness (QED) is 0.686. The molecule has 98 valence electrons. The number of rotatable bonds is 3. The van der Waals surface area contributed by atoms with Crippen LogP contribution in [0.25, 0.3) is 0 Å². The molecule has 1 aromatic carbocycles. The Kier molecular flexibility index (Phi) is 3.53. The minimum absolute atomic E-state index is 0.700. The topological polar surface area (TPSA) is 0 Å². The van der Waals surface area contributed by atoms with Crippen molar-refractivity contribution < 1.29 is 0 Å². The number of halogens is 1. The predicted molar refractivity (Wildman–Crippen MR) is 81.3 cm³/mol. The fourth-order valence-electron chi connectivity index (χ4n) is 3.95. The molecule has 0 aromatic heterocycles. The van der Waals surface area contributed by atoms with Crippen LogP contribution in [0.5, 0.6) is 0 Å². The molecule has 0 spiro atoms. The van der Waals surface area contributed by atoms with Crippen LogP contribution >= 0.6 is 15.9 Å². The molecule has 18 heavy (non-hydrogen) atoms. The highest BCUT2D eigenvalue weighted by atomic mass is 79.9. The van der Waals surface area contributed by atoms with Crippen LogP contribution < -0.4 is 0 Å². The third-order valence-electron chi connectivity index (χ3n) is 5.06. The molecule has 0 saturated heterocycles. The molecule has 3 atom stereocenters. The van der Waals surface area contributed by atoms with Gasteiger partial charge in [-0.05, 0) is 62.0 Å². The Morgan fingerprint density at radius 1 is 1.17 bits per heavy atom. The largest absolute Gasteiger partial charge is 0.0884 e. The van der Waals surface area contributed by atoms with Gasteiger partial charge >= 0.3 is 0 Å². The molecule has 0 bridgehead atoms. The molecule has 0 heterocycles. The first-order valence-electron chi connectivity index (χ1n) is 7.37. The van der Waals surface area contributed by atoms with E-state index in [0.717, 1.165) is 17.8 Å². The smallest absolute Gasteiger partial charge is 0.0220 e. The zero-order valence-corrected chi connectivity index (χ0v) is 13.0. The lowest BCUT2D eigenvalue weighted by molar-refractivity contribution is 0.480. The Morgan fingerprint density at radius 2 is 1.83 bits per heavy atom. The molecule has 2 saturated carbocycles. The van der Waals surface area contributed by atoms with Crippen molar-refractivity contribution in [3.05, 3.63) is 34.9 Å². The van der Waals surface area contributed by atoms with Crippen LogP contribution in [0.4, 0.5) is 0 Å². The molecule has 3 rings (SSSR count). The van der Waals surface area contributed by atoms with Crippen LogP contribution in [0.15, 0.2) is 18.2 Å². The van der Waals surface area contributed by atoms with Crippen LogP contribution in [0.3, 0.4) is 0 Å². The lowest BCUT2D eigenvalue weighted by Gasteiger charge is -2.12. The standard InChI is InChI=1S/C17H23Br/c1-11-7-8-12(2)13(9-11)10-16(18)17-14-5-3-4-6-15(14)17/h7-9,14-17H,3-6,10H2,1-2H3. The Bertz CT molecular complexity index is 425. The normalized spacial score (nSPS) is 31.8. The summed E-state index contributed by atoms with van der Waals surface area (Å²) in [7, 11) is 0. The SMILES string of the molecule is Cc1ccc(C)c(CC(Br)C2C3CCCCC32)c1. The summed E-state index contributed by atoms with van der Waals surface area (Å²) in [6, 6.07) is 6.86. The summed E-state index contributed by atoms with van der Waals surface area (Å²) in [4.78, 5) is 0.700. The van der Waals surface area contributed by atoms with Gasteiger partial charge in [-0.1, -0.05) is 52.5 Å². The van der Waals surface area contributed by atoms with Crippen molar-refractivity contribution in [2.75, 3.05) is 0 Å². The maximum atomic E-state index is 3.99. The van der Waals surface area contributed by atoms with Gasteiger partial charge in [0.15, 0.2) is 0 Å². The van der Waals surface area contributed by atoms with Gasteiger partial charge < -0.3 is 0 Å². The Hall–Kier alpha value is -0.300. The van der Waals surface area contributed by atoms with Gasteiger partial charge in [0.25, 0.3) is 0 Å². The van der Waals surface area contributed by atoms with Crippen LogP contribution in [-0.2, 0) is 6.42 Å². The average molecular weight is 307 g/mol. The molecule has 0 radical (unpaired) electrons. The average Bonchev–Trinajstić information content (AvgIpc) is 3.08. The maximum Gasteiger partial charge on any atom is 0.0220 e. The summed E-state index contributed by atoms with van der Waals surface area (Å²) in [5, 5.41) is 0. The predicted octanol–water partition coefficient (Wildman–Crippen LogP) is 5.05. The second kappa shape index (κ2) is 5.00. The summed E-state index contributed by atoms with van der Waals surface area (Å²) < 4.78 is 0. The van der Waals surface area contributed by atoms with Gasteiger partial charge in [0.05, 0.1) is 0 Å². The molecule has 1 aromatic rings. The number of fused-ring (bicyclic) bond motifs is 1. The van der Waals surface area contributed by atoms with E-state index in [-0.39, 0.29) is 0 Å². The molecule has 2 aliphatic carbocycles. The van der Waals surface area contributed by atoms with E-state index in [1.54, 1.807) is 5.56 Å². The summed E-state index contributed by atoms with van der Waals surface area (Å²) in [5.41, 5.74) is 4.39. The molecule has 2 aliphatic rings. The van der Waals surface area contributed by atoms with Crippen molar-refractivity contribution in [3.8, 4) is 0 Å². The first kappa shape index (κ1) is 12.7. The minimum Gasteiger partial charge on any atom is -0.0884 e. The molecular formula is C17H23Br. The lowest BCUT2D eigenvalue weighted by Crippen LogP contribution is -2.09. The van der Waals surface area contributed by atoms with Crippen LogP contribution in [0, 0.1) is 31.6 Å². The summed E-state index contributed by atoms with van der Waals surface area (Å²) in [6.07, 6.45) is 7.14. The highest BCUT2D eigenvalue weighted by Crippen LogP contribution is 2.58. The third-order valence-corrected chi connectivity index (χ3v) is 5.99. The monoisotopic (exact) mass is 306 g/mol. The fourth-order valence-corrected chi connectivity index (χ4v) is 5.08. The van der Waals surface area contributed by atoms with E-state index in [2.05, 4.69) is 48.0 Å². The molecule has 2 fully saturated rings. The molecule has 0 amide bonds. The second-order valence-corrected chi connectivity index (χ2v) is 7.52.